The normalized spacial score (nSPS) is 11.1. The van der Waals surface area contributed by atoms with Crippen molar-refractivity contribution in [1.29, 1.82) is 0 Å². The van der Waals surface area contributed by atoms with Crippen LogP contribution in [0.4, 0.5) is 5.95 Å². The van der Waals surface area contributed by atoms with Gasteiger partial charge in [-0.1, -0.05) is 0 Å². The summed E-state index contributed by atoms with van der Waals surface area (Å²) >= 11 is 0. The summed E-state index contributed by atoms with van der Waals surface area (Å²) in [6.45, 7) is 3.74. The van der Waals surface area contributed by atoms with Gasteiger partial charge in [0.1, 0.15) is 0 Å². The van der Waals surface area contributed by atoms with Gasteiger partial charge in [-0.25, -0.2) is 4.79 Å². The van der Waals surface area contributed by atoms with Crippen molar-refractivity contribution in [2.45, 2.75) is 19.9 Å². The molecule has 9 heteroatoms. The first-order valence-electron chi connectivity index (χ1n) is 6.50. The molecule has 0 fully saturated rings. The highest BCUT2D eigenvalue weighted by Gasteiger charge is 2.13. The Morgan fingerprint density at radius 1 is 1.29 bits per heavy atom. The molecule has 21 heavy (non-hydrogen) atoms. The van der Waals surface area contributed by atoms with E-state index in [1.807, 2.05) is 13.8 Å². The Balaban J connectivity index is 2.30. The van der Waals surface area contributed by atoms with E-state index in [0.717, 1.165) is 4.57 Å². The molecule has 3 N–H and O–H groups in total. The second-order valence-corrected chi connectivity index (χ2v) is 5.07. The lowest BCUT2D eigenvalue weighted by Crippen LogP contribution is -2.36. The molecule has 0 aromatic carbocycles. The first-order chi connectivity index (χ1) is 9.81. The van der Waals surface area contributed by atoms with E-state index >= 15 is 0 Å². The van der Waals surface area contributed by atoms with Gasteiger partial charge >= 0.3 is 5.69 Å². The fourth-order valence-corrected chi connectivity index (χ4v) is 1.95. The summed E-state index contributed by atoms with van der Waals surface area (Å²) in [6.07, 6.45) is 0. The number of amides is 1. The quantitative estimate of drug-likeness (QED) is 0.662. The second kappa shape index (κ2) is 5.43. The van der Waals surface area contributed by atoms with Crippen molar-refractivity contribution in [1.82, 2.24) is 24.4 Å². The van der Waals surface area contributed by atoms with E-state index in [2.05, 4.69) is 20.6 Å². The van der Waals surface area contributed by atoms with E-state index in [1.54, 1.807) is 0 Å². The maximum Gasteiger partial charge on any atom is 0.332 e. The van der Waals surface area contributed by atoms with Crippen LogP contribution in [0.25, 0.3) is 11.2 Å². The van der Waals surface area contributed by atoms with Crippen LogP contribution in [0.1, 0.15) is 13.8 Å². The van der Waals surface area contributed by atoms with Crippen LogP contribution in [0.15, 0.2) is 9.59 Å². The summed E-state index contributed by atoms with van der Waals surface area (Å²) in [4.78, 5) is 42.2. The van der Waals surface area contributed by atoms with E-state index in [4.69, 9.17) is 0 Å². The molecule has 0 radical (unpaired) electrons. The highest BCUT2D eigenvalue weighted by atomic mass is 16.2. The van der Waals surface area contributed by atoms with Gasteiger partial charge in [0.15, 0.2) is 11.2 Å². The Morgan fingerprint density at radius 2 is 1.95 bits per heavy atom. The maximum atomic E-state index is 12.0. The molecule has 2 aromatic rings. The van der Waals surface area contributed by atoms with Crippen molar-refractivity contribution >= 4 is 23.0 Å². The predicted molar refractivity (Wildman–Crippen MR) is 78.3 cm³/mol. The lowest BCUT2D eigenvalue weighted by molar-refractivity contribution is -0.119. The molecule has 2 rings (SSSR count). The molecule has 0 bridgehead atoms. The Hall–Kier alpha value is -2.58. The molecule has 0 saturated carbocycles. The zero-order valence-corrected chi connectivity index (χ0v) is 12.4. The van der Waals surface area contributed by atoms with Crippen molar-refractivity contribution < 1.29 is 4.79 Å². The number of carbonyl (C=O) groups excluding carboxylic acids is 1. The topological polar surface area (TPSA) is 114 Å². The van der Waals surface area contributed by atoms with E-state index in [1.165, 1.54) is 18.7 Å². The summed E-state index contributed by atoms with van der Waals surface area (Å²) < 4.78 is 2.27. The van der Waals surface area contributed by atoms with E-state index in [-0.39, 0.29) is 35.6 Å². The molecule has 2 aromatic heterocycles. The van der Waals surface area contributed by atoms with Crippen molar-refractivity contribution in [3.8, 4) is 0 Å². The number of fused-ring (bicyclic) bond motifs is 1. The van der Waals surface area contributed by atoms with Crippen molar-refractivity contribution in [2.75, 3.05) is 11.9 Å². The molecule has 0 aliphatic rings. The van der Waals surface area contributed by atoms with Gasteiger partial charge in [-0.3, -0.25) is 18.7 Å². The van der Waals surface area contributed by atoms with Crippen molar-refractivity contribution in [3.05, 3.63) is 20.8 Å². The number of carbonyl (C=O) groups is 1. The van der Waals surface area contributed by atoms with E-state index < -0.39 is 11.2 Å². The monoisotopic (exact) mass is 294 g/mol. The minimum Gasteiger partial charge on any atom is -0.352 e. The van der Waals surface area contributed by atoms with Gasteiger partial charge in [0.05, 0.1) is 6.54 Å². The first-order valence-corrected chi connectivity index (χ1v) is 6.50. The number of H-pyrrole nitrogens is 1. The summed E-state index contributed by atoms with van der Waals surface area (Å²) in [6, 6.07) is 0.0445. The van der Waals surface area contributed by atoms with E-state index in [0.29, 0.717) is 0 Å². The van der Waals surface area contributed by atoms with E-state index in [9.17, 15) is 14.4 Å². The highest BCUT2D eigenvalue weighted by Crippen LogP contribution is 2.07. The fourth-order valence-electron chi connectivity index (χ4n) is 1.95. The minimum atomic E-state index is -0.458. The molecule has 0 atom stereocenters. The van der Waals surface area contributed by atoms with Gasteiger partial charge in [0.2, 0.25) is 11.9 Å². The largest absolute Gasteiger partial charge is 0.352 e. The molecule has 0 unspecified atom stereocenters. The second-order valence-electron chi connectivity index (χ2n) is 5.07. The average Bonchev–Trinajstić information content (AvgIpc) is 2.84. The summed E-state index contributed by atoms with van der Waals surface area (Å²) in [7, 11) is 2.92. The van der Waals surface area contributed by atoms with Gasteiger partial charge in [-0.15, -0.1) is 0 Å². The Labute approximate surface area is 120 Å². The molecule has 0 spiro atoms. The average molecular weight is 294 g/mol. The molecular formula is C12H18N6O3. The predicted octanol–water partition coefficient (Wildman–Crippen LogP) is -1.10. The van der Waals surface area contributed by atoms with Gasteiger partial charge in [0, 0.05) is 20.1 Å². The highest BCUT2D eigenvalue weighted by molar-refractivity contribution is 5.81. The van der Waals surface area contributed by atoms with Crippen LogP contribution in [-0.2, 0) is 18.9 Å². The van der Waals surface area contributed by atoms with Gasteiger partial charge < -0.3 is 15.6 Å². The van der Waals surface area contributed by atoms with Crippen LogP contribution in [-0.4, -0.2) is 37.6 Å². The smallest absolute Gasteiger partial charge is 0.332 e. The number of rotatable bonds is 4. The Morgan fingerprint density at radius 3 is 2.57 bits per heavy atom. The first kappa shape index (κ1) is 14.8. The molecule has 0 saturated heterocycles. The van der Waals surface area contributed by atoms with Crippen molar-refractivity contribution in [2.24, 2.45) is 14.1 Å². The number of anilines is 1. The van der Waals surface area contributed by atoms with Crippen LogP contribution < -0.4 is 21.9 Å². The number of hydrogen-bond acceptors (Lipinski definition) is 5. The fraction of sp³-hybridized carbons (Fsp3) is 0.500. The van der Waals surface area contributed by atoms with Gasteiger partial charge in [-0.05, 0) is 13.8 Å². The molecular weight excluding hydrogens is 276 g/mol. The number of aromatic amines is 1. The third-order valence-electron chi connectivity index (χ3n) is 2.96. The number of nitrogens with one attached hydrogen (secondary N) is 3. The van der Waals surface area contributed by atoms with Crippen LogP contribution in [0, 0.1) is 0 Å². The number of aromatic nitrogens is 4. The number of aryl methyl sites for hydroxylation is 1. The van der Waals surface area contributed by atoms with Crippen molar-refractivity contribution in [3.63, 3.8) is 0 Å². The molecule has 0 aliphatic carbocycles. The molecule has 0 aliphatic heterocycles. The summed E-state index contributed by atoms with van der Waals surface area (Å²) in [5.74, 6) is 0.0782. The van der Waals surface area contributed by atoms with Gasteiger partial charge in [-0.2, -0.15) is 4.98 Å². The maximum absolute atomic E-state index is 12.0. The zero-order valence-electron chi connectivity index (χ0n) is 12.4. The van der Waals surface area contributed by atoms with Gasteiger partial charge in [0.25, 0.3) is 5.56 Å². The Kier molecular flexibility index (Phi) is 3.83. The number of nitrogens with zero attached hydrogens (tertiary/aromatic N) is 3. The Bertz CT molecular complexity index is 798. The summed E-state index contributed by atoms with van der Waals surface area (Å²) in [5, 5.41) is 5.51. The molecule has 9 nitrogen and oxygen atoms in total. The van der Waals surface area contributed by atoms with Crippen LogP contribution in [0.2, 0.25) is 0 Å². The molecule has 2 heterocycles. The number of imidazole rings is 1. The molecule has 1 amide bonds. The van der Waals surface area contributed by atoms with Crippen LogP contribution in [0.3, 0.4) is 0 Å². The third-order valence-corrected chi connectivity index (χ3v) is 2.96. The number of hydrogen-bond donors (Lipinski definition) is 3. The standard InChI is InChI=1S/C12H18N6O3/c1-6(2)14-7(19)5-13-11-15-8-9(16-11)17(3)12(21)18(4)10(8)20/h6H,5H2,1-4H3,(H,14,19)(H2,13,15,16). The third kappa shape index (κ3) is 2.81. The minimum absolute atomic E-state index is 0.0201. The SMILES string of the molecule is CC(C)NC(=O)CNc1nc2c([nH]1)c(=O)n(C)c(=O)n2C. The lowest BCUT2D eigenvalue weighted by atomic mass is 10.4. The molecule has 114 valence electrons. The summed E-state index contributed by atoms with van der Waals surface area (Å²) in [5.41, 5.74) is -0.454. The lowest BCUT2D eigenvalue weighted by Gasteiger charge is -2.08. The van der Waals surface area contributed by atoms with Crippen LogP contribution in [0.5, 0.6) is 0 Å². The van der Waals surface area contributed by atoms with Crippen LogP contribution >= 0.6 is 0 Å². The zero-order chi connectivity index (χ0) is 15.7.